The van der Waals surface area contributed by atoms with Crippen molar-refractivity contribution in [2.45, 2.75) is 25.3 Å². The predicted molar refractivity (Wildman–Crippen MR) is 128 cm³/mol. The molecular weight excluding hydrogens is 414 g/mol. The van der Waals surface area contributed by atoms with Gasteiger partial charge in [-0.3, -0.25) is 14.6 Å². The SMILES string of the molecule is COc1ccc(CCC(=O)N2CCN(C)C(=O)[C@H]2Cc2cccc(-c3cccnc3)c2)cc1. The summed E-state index contributed by atoms with van der Waals surface area (Å²) in [6.45, 7) is 1.11. The van der Waals surface area contributed by atoms with E-state index in [0.29, 0.717) is 32.4 Å². The van der Waals surface area contributed by atoms with E-state index in [9.17, 15) is 9.59 Å². The standard InChI is InChI=1S/C27H29N3O3/c1-29-15-16-30(26(31)13-10-20-8-11-24(33-2)12-9-20)25(27(29)32)18-21-5-3-6-22(17-21)23-7-4-14-28-19-23/h3-9,11-12,14,17,19,25H,10,13,15-16,18H2,1-2H3/t25-/m1/s1. The Bertz CT molecular complexity index is 1100. The van der Waals surface area contributed by atoms with Gasteiger partial charge < -0.3 is 14.5 Å². The number of methoxy groups -OCH3 is 1. The summed E-state index contributed by atoms with van der Waals surface area (Å²) in [6, 6.07) is 19.3. The summed E-state index contributed by atoms with van der Waals surface area (Å²) in [6.07, 6.45) is 5.07. The molecule has 1 aliphatic rings. The summed E-state index contributed by atoms with van der Waals surface area (Å²) >= 11 is 0. The summed E-state index contributed by atoms with van der Waals surface area (Å²) in [4.78, 5) is 33.9. The van der Waals surface area contributed by atoms with E-state index in [-0.39, 0.29) is 11.8 Å². The number of amides is 2. The van der Waals surface area contributed by atoms with Gasteiger partial charge in [-0.05, 0) is 46.9 Å². The van der Waals surface area contributed by atoms with Gasteiger partial charge >= 0.3 is 0 Å². The molecule has 3 aromatic rings. The minimum absolute atomic E-state index is 0.00849. The van der Waals surface area contributed by atoms with Crippen LogP contribution in [0.1, 0.15) is 17.5 Å². The molecule has 0 unspecified atom stereocenters. The molecule has 0 bridgehead atoms. The Kier molecular flexibility index (Phi) is 7.03. The Morgan fingerprint density at radius 2 is 1.82 bits per heavy atom. The van der Waals surface area contributed by atoms with E-state index < -0.39 is 6.04 Å². The third kappa shape index (κ3) is 5.40. The van der Waals surface area contributed by atoms with Crippen LogP contribution in [0.3, 0.4) is 0 Å². The van der Waals surface area contributed by atoms with Crippen LogP contribution in [0.4, 0.5) is 0 Å². The van der Waals surface area contributed by atoms with Gasteiger partial charge in [-0.25, -0.2) is 0 Å². The molecule has 0 saturated carbocycles. The van der Waals surface area contributed by atoms with Crippen LogP contribution in [-0.4, -0.2) is 59.9 Å². The van der Waals surface area contributed by atoms with Crippen LogP contribution in [-0.2, 0) is 22.4 Å². The van der Waals surface area contributed by atoms with Gasteiger partial charge in [0.05, 0.1) is 7.11 Å². The molecule has 170 valence electrons. The van der Waals surface area contributed by atoms with Crippen LogP contribution in [0.25, 0.3) is 11.1 Å². The van der Waals surface area contributed by atoms with Crippen molar-refractivity contribution in [3.63, 3.8) is 0 Å². The second kappa shape index (κ2) is 10.3. The molecule has 1 fully saturated rings. The van der Waals surface area contributed by atoms with Crippen molar-refractivity contribution in [1.82, 2.24) is 14.8 Å². The fourth-order valence-electron chi connectivity index (χ4n) is 4.23. The molecule has 0 aliphatic carbocycles. The summed E-state index contributed by atoms with van der Waals surface area (Å²) in [5.74, 6) is 0.801. The van der Waals surface area contributed by atoms with Gasteiger partial charge in [0.25, 0.3) is 0 Å². The lowest BCUT2D eigenvalue weighted by Crippen LogP contribution is -2.58. The van der Waals surface area contributed by atoms with Gasteiger partial charge in [0.2, 0.25) is 11.8 Å². The maximum absolute atomic E-state index is 13.2. The lowest BCUT2D eigenvalue weighted by molar-refractivity contribution is -0.150. The minimum Gasteiger partial charge on any atom is -0.497 e. The number of likely N-dealkylation sites (N-methyl/N-ethyl adjacent to an activating group) is 1. The van der Waals surface area contributed by atoms with Crippen LogP contribution in [0.15, 0.2) is 73.1 Å². The highest BCUT2D eigenvalue weighted by molar-refractivity contribution is 5.89. The zero-order valence-electron chi connectivity index (χ0n) is 19.1. The van der Waals surface area contributed by atoms with Crippen molar-refractivity contribution >= 4 is 11.8 Å². The summed E-state index contributed by atoms with van der Waals surface area (Å²) in [7, 11) is 3.44. The van der Waals surface area contributed by atoms with Crippen molar-refractivity contribution in [2.24, 2.45) is 0 Å². The van der Waals surface area contributed by atoms with E-state index >= 15 is 0 Å². The van der Waals surface area contributed by atoms with Crippen molar-refractivity contribution in [2.75, 3.05) is 27.2 Å². The van der Waals surface area contributed by atoms with Gasteiger partial charge in [-0.15, -0.1) is 0 Å². The molecule has 4 rings (SSSR count). The zero-order valence-corrected chi connectivity index (χ0v) is 19.1. The maximum atomic E-state index is 13.2. The third-order valence-electron chi connectivity index (χ3n) is 6.17. The first kappa shape index (κ1) is 22.5. The van der Waals surface area contributed by atoms with Crippen LogP contribution in [0.2, 0.25) is 0 Å². The van der Waals surface area contributed by atoms with E-state index in [0.717, 1.165) is 28.0 Å². The topological polar surface area (TPSA) is 62.7 Å². The highest BCUT2D eigenvalue weighted by Crippen LogP contribution is 2.23. The fraction of sp³-hybridized carbons (Fsp3) is 0.296. The van der Waals surface area contributed by atoms with Gasteiger partial charge in [0, 0.05) is 45.4 Å². The molecular formula is C27H29N3O3. The lowest BCUT2D eigenvalue weighted by Gasteiger charge is -2.39. The number of pyridine rings is 1. The number of rotatable bonds is 7. The molecule has 2 aromatic carbocycles. The molecule has 1 saturated heterocycles. The van der Waals surface area contributed by atoms with Crippen molar-refractivity contribution in [1.29, 1.82) is 0 Å². The molecule has 1 aromatic heterocycles. The summed E-state index contributed by atoms with van der Waals surface area (Å²) in [5.41, 5.74) is 4.18. The molecule has 0 N–H and O–H groups in total. The lowest BCUT2D eigenvalue weighted by atomic mass is 9.97. The molecule has 2 amide bonds. The monoisotopic (exact) mass is 443 g/mol. The Labute approximate surface area is 194 Å². The van der Waals surface area contributed by atoms with Crippen molar-refractivity contribution < 1.29 is 14.3 Å². The van der Waals surface area contributed by atoms with Crippen molar-refractivity contribution in [3.05, 3.63) is 84.2 Å². The van der Waals surface area contributed by atoms with Crippen LogP contribution >= 0.6 is 0 Å². The number of aromatic nitrogens is 1. The quantitative estimate of drug-likeness (QED) is 0.560. The molecule has 0 radical (unpaired) electrons. The smallest absolute Gasteiger partial charge is 0.245 e. The fourth-order valence-corrected chi connectivity index (χ4v) is 4.23. The second-order valence-corrected chi connectivity index (χ2v) is 8.36. The first-order valence-electron chi connectivity index (χ1n) is 11.2. The number of carbonyl (C=O) groups is 2. The minimum atomic E-state index is -0.490. The van der Waals surface area contributed by atoms with Crippen molar-refractivity contribution in [3.8, 4) is 16.9 Å². The van der Waals surface area contributed by atoms with Crippen LogP contribution in [0.5, 0.6) is 5.75 Å². The van der Waals surface area contributed by atoms with Gasteiger partial charge in [0.15, 0.2) is 0 Å². The molecule has 6 nitrogen and oxygen atoms in total. The van der Waals surface area contributed by atoms with E-state index in [1.165, 1.54) is 0 Å². The van der Waals surface area contributed by atoms with Crippen LogP contribution < -0.4 is 4.74 Å². The zero-order chi connectivity index (χ0) is 23.2. The average Bonchev–Trinajstić information content (AvgIpc) is 2.86. The maximum Gasteiger partial charge on any atom is 0.245 e. The highest BCUT2D eigenvalue weighted by Gasteiger charge is 2.35. The first-order valence-corrected chi connectivity index (χ1v) is 11.2. The van der Waals surface area contributed by atoms with Gasteiger partial charge in [-0.1, -0.05) is 42.5 Å². The molecule has 0 spiro atoms. The number of nitrogens with zero attached hydrogens (tertiary/aromatic N) is 3. The number of ether oxygens (including phenoxy) is 1. The Morgan fingerprint density at radius 1 is 1.03 bits per heavy atom. The van der Waals surface area contributed by atoms with E-state index in [4.69, 9.17) is 4.74 Å². The molecule has 1 aliphatic heterocycles. The second-order valence-electron chi connectivity index (χ2n) is 8.36. The van der Waals surface area contributed by atoms with Gasteiger partial charge in [0.1, 0.15) is 11.8 Å². The molecule has 2 heterocycles. The largest absolute Gasteiger partial charge is 0.497 e. The Morgan fingerprint density at radius 3 is 2.55 bits per heavy atom. The van der Waals surface area contributed by atoms with E-state index in [2.05, 4.69) is 11.1 Å². The molecule has 33 heavy (non-hydrogen) atoms. The predicted octanol–water partition coefficient (Wildman–Crippen LogP) is 3.60. The normalized spacial score (nSPS) is 16.1. The summed E-state index contributed by atoms with van der Waals surface area (Å²) < 4.78 is 5.20. The summed E-state index contributed by atoms with van der Waals surface area (Å²) in [5, 5.41) is 0. The number of aryl methyl sites for hydroxylation is 1. The number of piperazine rings is 1. The van der Waals surface area contributed by atoms with Crippen LogP contribution in [0, 0.1) is 0 Å². The Hall–Kier alpha value is -3.67. The highest BCUT2D eigenvalue weighted by atomic mass is 16.5. The van der Waals surface area contributed by atoms with E-state index in [1.54, 1.807) is 30.2 Å². The first-order chi connectivity index (χ1) is 16.0. The number of hydrogen-bond donors (Lipinski definition) is 0. The van der Waals surface area contributed by atoms with E-state index in [1.807, 2.05) is 60.8 Å². The number of benzene rings is 2. The third-order valence-corrected chi connectivity index (χ3v) is 6.17. The Balaban J connectivity index is 1.48. The number of carbonyl (C=O) groups excluding carboxylic acids is 2. The average molecular weight is 444 g/mol. The molecule has 6 heteroatoms. The van der Waals surface area contributed by atoms with Gasteiger partial charge in [-0.2, -0.15) is 0 Å². The number of hydrogen-bond acceptors (Lipinski definition) is 4. The molecule has 1 atom stereocenters.